The molecule has 1 aliphatic rings. The van der Waals surface area contributed by atoms with Gasteiger partial charge >= 0.3 is 0 Å². The molecule has 3 rings (SSSR count). The Morgan fingerprint density at radius 1 is 1.25 bits per heavy atom. The third kappa shape index (κ3) is 3.79. The van der Waals surface area contributed by atoms with Crippen molar-refractivity contribution in [2.75, 3.05) is 7.11 Å². The van der Waals surface area contributed by atoms with E-state index in [1.165, 1.54) is 19.3 Å². The summed E-state index contributed by atoms with van der Waals surface area (Å²) in [6.07, 6.45) is 5.05. The summed E-state index contributed by atoms with van der Waals surface area (Å²) in [7, 11) is 1.54. The number of amides is 1. The van der Waals surface area contributed by atoms with Gasteiger partial charge in [-0.25, -0.2) is 0 Å². The fourth-order valence-corrected chi connectivity index (χ4v) is 3.41. The van der Waals surface area contributed by atoms with E-state index in [4.69, 9.17) is 4.74 Å². The molecule has 2 unspecified atom stereocenters. The van der Waals surface area contributed by atoms with E-state index in [9.17, 15) is 4.79 Å². The number of ether oxygens (including phenoxy) is 1. The zero-order valence-electron chi connectivity index (χ0n) is 13.8. The highest BCUT2D eigenvalue weighted by Crippen LogP contribution is 2.33. The van der Waals surface area contributed by atoms with Crippen LogP contribution in [0.3, 0.4) is 0 Å². The van der Waals surface area contributed by atoms with Crippen LogP contribution in [0.15, 0.2) is 30.3 Å². The number of nitrogens with zero attached hydrogens (tertiary/aromatic N) is 3. The Morgan fingerprint density at radius 3 is 2.62 bits per heavy atom. The number of aromatic amines is 1. The molecule has 1 amide bonds. The topological polar surface area (TPSA) is 92.8 Å². The van der Waals surface area contributed by atoms with Gasteiger partial charge in [0, 0.05) is 7.11 Å². The lowest BCUT2D eigenvalue weighted by Gasteiger charge is -2.30. The molecule has 1 aromatic heterocycles. The summed E-state index contributed by atoms with van der Waals surface area (Å²) >= 11 is 0. The molecule has 2 aromatic rings. The molecule has 24 heavy (non-hydrogen) atoms. The SMILES string of the molecule is COC(C(=O)NC(c1nn[nH]n1)C1CCCCC1)c1ccccc1. The molecule has 0 bridgehead atoms. The van der Waals surface area contributed by atoms with Gasteiger partial charge in [0.1, 0.15) is 0 Å². The molecule has 0 radical (unpaired) electrons. The first-order valence-corrected chi connectivity index (χ1v) is 8.41. The van der Waals surface area contributed by atoms with Gasteiger partial charge < -0.3 is 10.1 Å². The molecule has 1 fully saturated rings. The van der Waals surface area contributed by atoms with Gasteiger partial charge in [0.25, 0.3) is 5.91 Å². The molecule has 7 heteroatoms. The average Bonchev–Trinajstić information content (AvgIpc) is 3.16. The van der Waals surface area contributed by atoms with Gasteiger partial charge in [-0.1, -0.05) is 54.8 Å². The molecule has 1 aromatic carbocycles. The summed E-state index contributed by atoms with van der Waals surface area (Å²) < 4.78 is 5.43. The van der Waals surface area contributed by atoms with Crippen LogP contribution in [-0.4, -0.2) is 33.6 Å². The Balaban J connectivity index is 1.77. The van der Waals surface area contributed by atoms with Crippen LogP contribution in [0.4, 0.5) is 0 Å². The minimum atomic E-state index is -0.649. The number of carbonyl (C=O) groups excluding carboxylic acids is 1. The highest BCUT2D eigenvalue weighted by Gasteiger charge is 2.32. The quantitative estimate of drug-likeness (QED) is 0.848. The second-order valence-corrected chi connectivity index (χ2v) is 6.18. The number of methoxy groups -OCH3 is 1. The molecule has 0 aliphatic heterocycles. The van der Waals surface area contributed by atoms with E-state index in [0.717, 1.165) is 18.4 Å². The van der Waals surface area contributed by atoms with Crippen molar-refractivity contribution in [2.24, 2.45) is 5.92 Å². The predicted molar refractivity (Wildman–Crippen MR) is 87.8 cm³/mol. The molecule has 2 N–H and O–H groups in total. The number of hydrogen-bond donors (Lipinski definition) is 2. The van der Waals surface area contributed by atoms with Crippen molar-refractivity contribution in [3.05, 3.63) is 41.7 Å². The van der Waals surface area contributed by atoms with E-state index in [1.807, 2.05) is 30.3 Å². The lowest BCUT2D eigenvalue weighted by molar-refractivity contribution is -0.132. The van der Waals surface area contributed by atoms with Crippen molar-refractivity contribution in [3.63, 3.8) is 0 Å². The van der Waals surface area contributed by atoms with Crippen molar-refractivity contribution in [1.29, 1.82) is 0 Å². The first kappa shape index (κ1) is 16.6. The Hall–Kier alpha value is -2.28. The van der Waals surface area contributed by atoms with E-state index in [0.29, 0.717) is 11.7 Å². The number of rotatable bonds is 6. The number of H-pyrrole nitrogens is 1. The van der Waals surface area contributed by atoms with Crippen LogP contribution in [0.25, 0.3) is 0 Å². The average molecular weight is 329 g/mol. The molecular formula is C17H23N5O2. The van der Waals surface area contributed by atoms with E-state index in [1.54, 1.807) is 7.11 Å². The minimum Gasteiger partial charge on any atom is -0.367 e. The summed E-state index contributed by atoms with van der Waals surface area (Å²) in [6, 6.07) is 9.24. The molecule has 2 atom stereocenters. The molecule has 0 spiro atoms. The molecule has 1 aliphatic carbocycles. The maximum Gasteiger partial charge on any atom is 0.254 e. The first-order chi connectivity index (χ1) is 11.8. The second kappa shape index (κ2) is 8.01. The van der Waals surface area contributed by atoms with E-state index >= 15 is 0 Å². The maximum absolute atomic E-state index is 12.8. The Kier molecular flexibility index (Phi) is 5.53. The fourth-order valence-electron chi connectivity index (χ4n) is 3.41. The lowest BCUT2D eigenvalue weighted by atomic mass is 9.83. The normalized spacial score (nSPS) is 18.0. The van der Waals surface area contributed by atoms with Crippen molar-refractivity contribution >= 4 is 5.91 Å². The van der Waals surface area contributed by atoms with Gasteiger partial charge in [-0.3, -0.25) is 4.79 Å². The molecule has 128 valence electrons. The Labute approximate surface area is 141 Å². The van der Waals surface area contributed by atoms with Gasteiger partial charge in [-0.2, -0.15) is 5.21 Å². The standard InChI is InChI=1S/C17H23N5O2/c1-24-15(13-10-6-3-7-11-13)17(23)18-14(16-19-21-22-20-16)12-8-4-2-5-9-12/h3,6-7,10-12,14-15H,2,4-5,8-9H2,1H3,(H,18,23)(H,19,20,21,22). The summed E-state index contributed by atoms with van der Waals surface area (Å²) in [6.45, 7) is 0. The fraction of sp³-hybridized carbons (Fsp3) is 0.529. The number of tetrazole rings is 1. The van der Waals surface area contributed by atoms with Gasteiger partial charge in [-0.05, 0) is 24.3 Å². The summed E-state index contributed by atoms with van der Waals surface area (Å²) in [4.78, 5) is 12.8. The van der Waals surface area contributed by atoms with Crippen molar-refractivity contribution in [1.82, 2.24) is 25.9 Å². The van der Waals surface area contributed by atoms with Crippen molar-refractivity contribution in [2.45, 2.75) is 44.2 Å². The molecule has 0 saturated heterocycles. The van der Waals surface area contributed by atoms with Gasteiger partial charge in [-0.15, -0.1) is 10.2 Å². The summed E-state index contributed by atoms with van der Waals surface area (Å²) in [5, 5.41) is 17.4. The van der Waals surface area contributed by atoms with Crippen LogP contribution >= 0.6 is 0 Å². The van der Waals surface area contributed by atoms with E-state index in [2.05, 4.69) is 25.9 Å². The zero-order chi connectivity index (χ0) is 16.8. The zero-order valence-corrected chi connectivity index (χ0v) is 13.8. The molecule has 1 heterocycles. The third-order valence-electron chi connectivity index (χ3n) is 4.64. The number of hydrogen-bond acceptors (Lipinski definition) is 5. The largest absolute Gasteiger partial charge is 0.367 e. The Bertz CT molecular complexity index is 626. The predicted octanol–water partition coefficient (Wildman–Crippen LogP) is 2.32. The number of aromatic nitrogens is 4. The number of carbonyl (C=O) groups is 1. The van der Waals surface area contributed by atoms with Crippen LogP contribution in [0.5, 0.6) is 0 Å². The smallest absolute Gasteiger partial charge is 0.254 e. The van der Waals surface area contributed by atoms with Gasteiger partial charge in [0.15, 0.2) is 11.9 Å². The number of nitrogens with one attached hydrogen (secondary N) is 2. The minimum absolute atomic E-state index is 0.177. The highest BCUT2D eigenvalue weighted by atomic mass is 16.5. The van der Waals surface area contributed by atoms with Crippen molar-refractivity contribution < 1.29 is 9.53 Å². The highest BCUT2D eigenvalue weighted by molar-refractivity contribution is 5.82. The maximum atomic E-state index is 12.8. The van der Waals surface area contributed by atoms with Crippen molar-refractivity contribution in [3.8, 4) is 0 Å². The third-order valence-corrected chi connectivity index (χ3v) is 4.64. The first-order valence-electron chi connectivity index (χ1n) is 8.41. The lowest BCUT2D eigenvalue weighted by Crippen LogP contribution is -2.38. The monoisotopic (exact) mass is 329 g/mol. The van der Waals surface area contributed by atoms with Crippen LogP contribution in [0, 0.1) is 5.92 Å². The van der Waals surface area contributed by atoms with E-state index in [-0.39, 0.29) is 11.9 Å². The summed E-state index contributed by atoms with van der Waals surface area (Å²) in [5.41, 5.74) is 0.827. The molecule has 7 nitrogen and oxygen atoms in total. The van der Waals surface area contributed by atoms with Gasteiger partial charge in [0.2, 0.25) is 0 Å². The number of benzene rings is 1. The Morgan fingerprint density at radius 2 is 2.00 bits per heavy atom. The molecule has 1 saturated carbocycles. The molecular weight excluding hydrogens is 306 g/mol. The van der Waals surface area contributed by atoms with Crippen LogP contribution in [0.1, 0.15) is 55.6 Å². The van der Waals surface area contributed by atoms with E-state index < -0.39 is 6.10 Å². The summed E-state index contributed by atoms with van der Waals surface area (Å²) in [5.74, 6) is 0.691. The van der Waals surface area contributed by atoms with Crippen LogP contribution in [-0.2, 0) is 9.53 Å². The van der Waals surface area contributed by atoms with Crippen LogP contribution < -0.4 is 5.32 Å². The van der Waals surface area contributed by atoms with Crippen LogP contribution in [0.2, 0.25) is 0 Å². The van der Waals surface area contributed by atoms with Gasteiger partial charge in [0.05, 0.1) is 6.04 Å². The second-order valence-electron chi connectivity index (χ2n) is 6.18.